The Morgan fingerprint density at radius 2 is 1.86 bits per heavy atom. The van der Waals surface area contributed by atoms with E-state index >= 15 is 0 Å². The number of halogens is 3. The number of rotatable bonds is 7. The van der Waals surface area contributed by atoms with Gasteiger partial charge in [-0.05, 0) is 44.0 Å². The molecule has 1 aromatic carbocycles. The van der Waals surface area contributed by atoms with Crippen molar-refractivity contribution in [3.63, 3.8) is 0 Å². The lowest BCUT2D eigenvalue weighted by Gasteiger charge is -2.35. The van der Waals surface area contributed by atoms with E-state index in [2.05, 4.69) is 15.5 Å². The van der Waals surface area contributed by atoms with E-state index in [0.29, 0.717) is 25.4 Å². The highest BCUT2D eigenvalue weighted by atomic mass is 35.5. The Kier molecular flexibility index (Phi) is 11.5. The van der Waals surface area contributed by atoms with Crippen LogP contribution >= 0.6 is 24.8 Å². The lowest BCUT2D eigenvalue weighted by molar-refractivity contribution is -0.133. The zero-order valence-corrected chi connectivity index (χ0v) is 18.2. The maximum absolute atomic E-state index is 13.6. The number of hydrogen-bond acceptors (Lipinski definition) is 4. The van der Waals surface area contributed by atoms with Gasteiger partial charge in [0.05, 0.1) is 5.56 Å². The van der Waals surface area contributed by atoms with Gasteiger partial charge < -0.3 is 15.5 Å². The standard InChI is InChI=1S/C20H29FN4O2.2ClH/c21-18-4-2-1-3-17(18)20(27)23-9-10-24-11-13-25(14-12-24)19(26)6-5-16-7-8-22-15-16;;/h1-4,16,22H,5-15H2,(H,23,27);2*1H. The molecule has 2 aliphatic rings. The number of amides is 2. The molecule has 0 spiro atoms. The molecule has 2 saturated heterocycles. The predicted molar refractivity (Wildman–Crippen MR) is 116 cm³/mol. The molecule has 0 saturated carbocycles. The molecule has 3 rings (SSSR count). The molecule has 2 N–H and O–H groups in total. The van der Waals surface area contributed by atoms with Crippen LogP contribution in [0.25, 0.3) is 0 Å². The molecule has 1 unspecified atom stereocenters. The molecular weight excluding hydrogens is 418 g/mol. The molecule has 0 radical (unpaired) electrons. The number of carbonyl (C=O) groups excluding carboxylic acids is 2. The van der Waals surface area contributed by atoms with Gasteiger partial charge in [-0.15, -0.1) is 24.8 Å². The van der Waals surface area contributed by atoms with Gasteiger partial charge in [-0.3, -0.25) is 14.5 Å². The summed E-state index contributed by atoms with van der Waals surface area (Å²) in [5, 5.41) is 6.11. The minimum atomic E-state index is -0.504. The van der Waals surface area contributed by atoms with E-state index in [-0.39, 0.29) is 42.2 Å². The van der Waals surface area contributed by atoms with Crippen LogP contribution in [0.3, 0.4) is 0 Å². The summed E-state index contributed by atoms with van der Waals surface area (Å²) in [4.78, 5) is 28.5. The van der Waals surface area contributed by atoms with Gasteiger partial charge >= 0.3 is 0 Å². The summed E-state index contributed by atoms with van der Waals surface area (Å²) in [5.74, 6) is 0.0153. The van der Waals surface area contributed by atoms with Crippen LogP contribution in [0.4, 0.5) is 4.39 Å². The summed E-state index contributed by atoms with van der Waals surface area (Å²) in [6, 6.07) is 5.99. The van der Waals surface area contributed by atoms with Gasteiger partial charge in [0.15, 0.2) is 0 Å². The van der Waals surface area contributed by atoms with E-state index in [9.17, 15) is 14.0 Å². The summed E-state index contributed by atoms with van der Waals surface area (Å²) in [6.45, 7) is 6.39. The Bertz CT molecular complexity index is 651. The molecular formula is C20H31Cl2FN4O2. The van der Waals surface area contributed by atoms with E-state index in [4.69, 9.17) is 0 Å². The molecule has 1 atom stereocenters. The van der Waals surface area contributed by atoms with Crippen LogP contribution in [0.2, 0.25) is 0 Å². The minimum Gasteiger partial charge on any atom is -0.351 e. The van der Waals surface area contributed by atoms with Gasteiger partial charge in [0.2, 0.25) is 5.91 Å². The molecule has 0 aromatic heterocycles. The second kappa shape index (κ2) is 13.0. The first-order valence-electron chi connectivity index (χ1n) is 9.87. The maximum Gasteiger partial charge on any atom is 0.254 e. The molecule has 2 aliphatic heterocycles. The molecule has 2 heterocycles. The van der Waals surface area contributed by atoms with Crippen molar-refractivity contribution in [1.82, 2.24) is 20.4 Å². The first-order chi connectivity index (χ1) is 13.1. The summed E-state index contributed by atoms with van der Waals surface area (Å²) in [5.41, 5.74) is 0.0744. The molecule has 29 heavy (non-hydrogen) atoms. The fourth-order valence-corrected chi connectivity index (χ4v) is 3.74. The number of piperazine rings is 1. The van der Waals surface area contributed by atoms with Crippen molar-refractivity contribution >= 4 is 36.6 Å². The van der Waals surface area contributed by atoms with Crippen molar-refractivity contribution in [3.05, 3.63) is 35.6 Å². The van der Waals surface area contributed by atoms with Crippen LogP contribution in [0.15, 0.2) is 24.3 Å². The Labute approximate surface area is 184 Å². The zero-order chi connectivity index (χ0) is 19.1. The Hall–Kier alpha value is -1.41. The van der Waals surface area contributed by atoms with Gasteiger partial charge in [-0.1, -0.05) is 12.1 Å². The number of carbonyl (C=O) groups is 2. The second-order valence-electron chi connectivity index (χ2n) is 7.36. The predicted octanol–water partition coefficient (Wildman–Crippen LogP) is 1.93. The molecule has 164 valence electrons. The number of benzene rings is 1. The minimum absolute atomic E-state index is 0. The fourth-order valence-electron chi connectivity index (χ4n) is 3.74. The fraction of sp³-hybridized carbons (Fsp3) is 0.600. The van der Waals surface area contributed by atoms with E-state index in [1.807, 2.05) is 4.90 Å². The third-order valence-corrected chi connectivity index (χ3v) is 5.49. The molecule has 0 bridgehead atoms. The van der Waals surface area contributed by atoms with Crippen LogP contribution in [0, 0.1) is 11.7 Å². The highest BCUT2D eigenvalue weighted by molar-refractivity contribution is 5.94. The molecule has 1 aromatic rings. The highest BCUT2D eigenvalue weighted by Gasteiger charge is 2.22. The van der Waals surface area contributed by atoms with E-state index in [1.54, 1.807) is 12.1 Å². The lowest BCUT2D eigenvalue weighted by Crippen LogP contribution is -2.50. The normalized spacial score (nSPS) is 19.2. The summed E-state index contributed by atoms with van der Waals surface area (Å²) in [6.07, 6.45) is 2.80. The van der Waals surface area contributed by atoms with Crippen molar-refractivity contribution in [2.24, 2.45) is 5.92 Å². The van der Waals surface area contributed by atoms with Crippen molar-refractivity contribution in [3.8, 4) is 0 Å². The number of hydrogen-bond donors (Lipinski definition) is 2. The van der Waals surface area contributed by atoms with Crippen LogP contribution in [0.1, 0.15) is 29.6 Å². The van der Waals surface area contributed by atoms with Crippen molar-refractivity contribution in [1.29, 1.82) is 0 Å². The van der Waals surface area contributed by atoms with Crippen LogP contribution in [-0.2, 0) is 4.79 Å². The quantitative estimate of drug-likeness (QED) is 0.668. The van der Waals surface area contributed by atoms with Crippen LogP contribution < -0.4 is 10.6 Å². The van der Waals surface area contributed by atoms with Gasteiger partial charge in [0.1, 0.15) is 5.82 Å². The third-order valence-electron chi connectivity index (χ3n) is 5.49. The largest absolute Gasteiger partial charge is 0.351 e. The summed E-state index contributed by atoms with van der Waals surface area (Å²) >= 11 is 0. The molecule has 2 fully saturated rings. The van der Waals surface area contributed by atoms with E-state index < -0.39 is 5.82 Å². The SMILES string of the molecule is Cl.Cl.O=C(NCCN1CCN(C(=O)CCC2CCNC2)CC1)c1ccccc1F. The highest BCUT2D eigenvalue weighted by Crippen LogP contribution is 2.15. The monoisotopic (exact) mass is 448 g/mol. The zero-order valence-electron chi connectivity index (χ0n) is 16.6. The third kappa shape index (κ3) is 7.74. The van der Waals surface area contributed by atoms with Gasteiger partial charge in [0, 0.05) is 45.7 Å². The number of nitrogens with zero attached hydrogens (tertiary/aromatic N) is 2. The molecule has 9 heteroatoms. The number of nitrogens with one attached hydrogen (secondary N) is 2. The van der Waals surface area contributed by atoms with E-state index in [1.165, 1.54) is 18.6 Å². The smallest absolute Gasteiger partial charge is 0.254 e. The first kappa shape index (κ1) is 25.6. The lowest BCUT2D eigenvalue weighted by atomic mass is 10.0. The van der Waals surface area contributed by atoms with Crippen molar-refractivity contribution in [2.75, 3.05) is 52.4 Å². The van der Waals surface area contributed by atoms with Gasteiger partial charge in [0.25, 0.3) is 5.91 Å². The van der Waals surface area contributed by atoms with Crippen LogP contribution in [0.5, 0.6) is 0 Å². The maximum atomic E-state index is 13.6. The average Bonchev–Trinajstić information content (AvgIpc) is 3.20. The Morgan fingerprint density at radius 3 is 2.52 bits per heavy atom. The summed E-state index contributed by atoms with van der Waals surface area (Å²) < 4.78 is 13.6. The molecule has 6 nitrogen and oxygen atoms in total. The van der Waals surface area contributed by atoms with Gasteiger partial charge in [-0.25, -0.2) is 4.39 Å². The summed E-state index contributed by atoms with van der Waals surface area (Å²) in [7, 11) is 0. The second-order valence-corrected chi connectivity index (χ2v) is 7.36. The molecule has 2 amide bonds. The first-order valence-corrected chi connectivity index (χ1v) is 9.87. The average molecular weight is 449 g/mol. The van der Waals surface area contributed by atoms with Gasteiger partial charge in [-0.2, -0.15) is 0 Å². The van der Waals surface area contributed by atoms with E-state index in [0.717, 1.165) is 45.7 Å². The molecule has 0 aliphatic carbocycles. The van der Waals surface area contributed by atoms with Crippen molar-refractivity contribution in [2.45, 2.75) is 19.3 Å². The topological polar surface area (TPSA) is 64.7 Å². The van der Waals surface area contributed by atoms with Crippen molar-refractivity contribution < 1.29 is 14.0 Å². The Morgan fingerprint density at radius 1 is 1.14 bits per heavy atom. The van der Waals surface area contributed by atoms with Crippen LogP contribution in [-0.4, -0.2) is 74.0 Å². The Balaban J connectivity index is 0.00000210.